The van der Waals surface area contributed by atoms with Gasteiger partial charge in [0.05, 0.1) is 6.61 Å². The molecule has 0 radical (unpaired) electrons. The summed E-state index contributed by atoms with van der Waals surface area (Å²) in [4.78, 5) is 22.3. The Kier molecular flexibility index (Phi) is 7.45. The summed E-state index contributed by atoms with van der Waals surface area (Å²) in [6.45, 7) is 1.70. The fourth-order valence-corrected chi connectivity index (χ4v) is 1.31. The van der Waals surface area contributed by atoms with Crippen molar-refractivity contribution in [2.24, 2.45) is 0 Å². The molecule has 1 rings (SSSR count). The number of aliphatic hydroxyl groups excluding tert-OH is 1. The van der Waals surface area contributed by atoms with E-state index in [2.05, 4.69) is 4.74 Å². The van der Waals surface area contributed by atoms with Crippen molar-refractivity contribution in [2.45, 2.75) is 6.92 Å². The molecule has 0 amide bonds. The van der Waals surface area contributed by atoms with Crippen molar-refractivity contribution < 1.29 is 39.7 Å². The number of halogens is 1. The molecule has 0 heterocycles. The van der Waals surface area contributed by atoms with E-state index in [0.29, 0.717) is 10.6 Å². The van der Waals surface area contributed by atoms with Crippen molar-refractivity contribution in [2.75, 3.05) is 6.61 Å². The van der Waals surface area contributed by atoms with Gasteiger partial charge >= 0.3 is 24.8 Å². The molecule has 0 unspecified atom stereocenters. The molecule has 18 heavy (non-hydrogen) atoms. The number of carbonyl (C=O) groups is 2. The van der Waals surface area contributed by atoms with E-state index in [-0.39, 0.29) is 32.7 Å². The molecule has 0 spiro atoms. The fraction of sp³-hybridized carbons (Fsp3) is 0.167. The van der Waals surface area contributed by atoms with E-state index in [1.54, 1.807) is 25.1 Å². The molecule has 1 aromatic rings. The minimum atomic E-state index is -0.999. The van der Waals surface area contributed by atoms with Gasteiger partial charge in [-0.3, -0.25) is 4.79 Å². The maximum absolute atomic E-state index is 11.3. The van der Waals surface area contributed by atoms with Crippen LogP contribution in [0.1, 0.15) is 13.9 Å². The summed E-state index contributed by atoms with van der Waals surface area (Å²) < 4.78 is 4.49. The third kappa shape index (κ3) is 4.97. The first-order chi connectivity index (χ1) is 8.04. The number of aliphatic hydroxyl groups is 1. The van der Waals surface area contributed by atoms with Crippen LogP contribution in [0.15, 0.2) is 30.3 Å². The van der Waals surface area contributed by atoms with Crippen molar-refractivity contribution in [3.05, 3.63) is 40.9 Å². The van der Waals surface area contributed by atoms with Crippen LogP contribution in [0.2, 0.25) is 5.02 Å². The van der Waals surface area contributed by atoms with Crippen LogP contribution in [0.25, 0.3) is 5.76 Å². The predicted molar refractivity (Wildman–Crippen MR) is 64.8 cm³/mol. The average molecular weight is 263 g/mol. The Hall–Kier alpha value is -1.21. The second-order valence-corrected chi connectivity index (χ2v) is 3.56. The molecule has 0 fully saturated rings. The second kappa shape index (κ2) is 7.99. The van der Waals surface area contributed by atoms with Gasteiger partial charge < -0.3 is 11.3 Å². The van der Waals surface area contributed by atoms with Gasteiger partial charge in [-0.2, -0.15) is 0 Å². The zero-order valence-electron chi connectivity index (χ0n) is 11.1. The minimum absolute atomic E-state index is 0. The van der Waals surface area contributed by atoms with Crippen molar-refractivity contribution in [3.63, 3.8) is 0 Å². The number of hydrogen-bond acceptors (Lipinski definition) is 4. The molecule has 0 saturated carbocycles. The smallest absolute Gasteiger partial charge is 1.00 e. The summed E-state index contributed by atoms with van der Waals surface area (Å²) in [6, 6.07) is 6.30. The van der Waals surface area contributed by atoms with Crippen LogP contribution >= 0.6 is 11.6 Å². The number of ketones is 1. The number of rotatable bonds is 4. The van der Waals surface area contributed by atoms with E-state index in [0.717, 1.165) is 6.08 Å². The number of ether oxygens (including phenoxy) is 1. The first-order valence-electron chi connectivity index (χ1n) is 4.92. The third-order valence-corrected chi connectivity index (χ3v) is 2.10. The van der Waals surface area contributed by atoms with Gasteiger partial charge in [-0.25, -0.2) is 4.79 Å². The summed E-state index contributed by atoms with van der Waals surface area (Å²) in [5.41, 5.74) is 0.357. The van der Waals surface area contributed by atoms with Crippen LogP contribution in [0.4, 0.5) is 0 Å². The molecule has 0 aliphatic heterocycles. The largest absolute Gasteiger partial charge is 1.00 e. The van der Waals surface area contributed by atoms with Crippen LogP contribution in [0, 0.1) is 0 Å². The van der Waals surface area contributed by atoms with Crippen molar-refractivity contribution in [1.29, 1.82) is 0 Å². The number of benzene rings is 1. The standard InChI is InChI=1S/C12H11ClO4.Li.H/c1-2-17-12(16)11(15)7-10(14)8-4-3-5-9(13)6-8;;/h3-7,14H,2H2,1H3;;/q;+1;-1. The van der Waals surface area contributed by atoms with Gasteiger partial charge in [-0.15, -0.1) is 0 Å². The zero-order valence-corrected chi connectivity index (χ0v) is 10.9. The van der Waals surface area contributed by atoms with E-state index >= 15 is 0 Å². The summed E-state index contributed by atoms with van der Waals surface area (Å²) in [5.74, 6) is -2.24. The molecule has 6 heteroatoms. The average Bonchev–Trinajstić information content (AvgIpc) is 2.29. The van der Waals surface area contributed by atoms with Gasteiger partial charge in [0.15, 0.2) is 0 Å². The Morgan fingerprint density at radius 3 is 2.72 bits per heavy atom. The van der Waals surface area contributed by atoms with E-state index < -0.39 is 11.8 Å². The van der Waals surface area contributed by atoms with Crippen LogP contribution in [-0.2, 0) is 14.3 Å². The van der Waals surface area contributed by atoms with Gasteiger partial charge in [0.2, 0.25) is 0 Å². The maximum atomic E-state index is 11.3. The molecule has 0 saturated heterocycles. The van der Waals surface area contributed by atoms with Gasteiger partial charge in [0.1, 0.15) is 5.76 Å². The molecule has 0 aliphatic carbocycles. The minimum Gasteiger partial charge on any atom is -1.00 e. The molecule has 4 nitrogen and oxygen atoms in total. The molecule has 1 aromatic carbocycles. The van der Waals surface area contributed by atoms with E-state index in [4.69, 9.17) is 11.6 Å². The molecule has 0 bridgehead atoms. The Morgan fingerprint density at radius 1 is 1.50 bits per heavy atom. The molecular weight excluding hydrogens is 251 g/mol. The SMILES string of the molecule is CCOC(=O)C(=O)C=C(O)c1cccc(Cl)c1.[H-].[Li+]. The zero-order chi connectivity index (χ0) is 12.8. The van der Waals surface area contributed by atoms with Crippen molar-refractivity contribution in [1.82, 2.24) is 0 Å². The Labute approximate surface area is 123 Å². The Bertz CT molecular complexity index is 477. The van der Waals surface area contributed by atoms with Crippen LogP contribution in [0.3, 0.4) is 0 Å². The quantitative estimate of drug-likeness (QED) is 0.261. The normalized spacial score (nSPS) is 10.4. The molecular formula is C12H12ClLiO4. The number of carbonyl (C=O) groups excluding carboxylic acids is 2. The second-order valence-electron chi connectivity index (χ2n) is 3.12. The molecule has 0 aromatic heterocycles. The molecule has 92 valence electrons. The first kappa shape index (κ1) is 16.8. The van der Waals surface area contributed by atoms with E-state index in [1.165, 1.54) is 6.07 Å². The van der Waals surface area contributed by atoms with Gasteiger partial charge in [0, 0.05) is 16.7 Å². The van der Waals surface area contributed by atoms with E-state index in [9.17, 15) is 14.7 Å². The molecule has 1 N–H and O–H groups in total. The summed E-state index contributed by atoms with van der Waals surface area (Å²) in [5, 5.41) is 10.0. The van der Waals surface area contributed by atoms with Crippen LogP contribution < -0.4 is 18.9 Å². The maximum Gasteiger partial charge on any atom is 1.00 e. The van der Waals surface area contributed by atoms with Crippen LogP contribution in [-0.4, -0.2) is 23.5 Å². The number of hydrogen-bond donors (Lipinski definition) is 1. The van der Waals surface area contributed by atoms with E-state index in [1.807, 2.05) is 0 Å². The Morgan fingerprint density at radius 2 is 2.17 bits per heavy atom. The third-order valence-electron chi connectivity index (χ3n) is 1.86. The van der Waals surface area contributed by atoms with Gasteiger partial charge in [0.25, 0.3) is 5.78 Å². The van der Waals surface area contributed by atoms with Gasteiger partial charge in [-0.1, -0.05) is 23.7 Å². The first-order valence-corrected chi connectivity index (χ1v) is 5.30. The van der Waals surface area contributed by atoms with Gasteiger partial charge in [-0.05, 0) is 19.1 Å². The molecule has 0 aliphatic rings. The topological polar surface area (TPSA) is 63.6 Å². The summed E-state index contributed by atoms with van der Waals surface area (Å²) in [7, 11) is 0. The van der Waals surface area contributed by atoms with Crippen molar-refractivity contribution in [3.8, 4) is 0 Å². The fourth-order valence-electron chi connectivity index (χ4n) is 1.12. The number of esters is 1. The molecule has 0 atom stereocenters. The van der Waals surface area contributed by atoms with Crippen molar-refractivity contribution >= 4 is 29.1 Å². The monoisotopic (exact) mass is 262 g/mol. The van der Waals surface area contributed by atoms with Crippen LogP contribution in [0.5, 0.6) is 0 Å². The predicted octanol–water partition coefficient (Wildman–Crippen LogP) is -0.512. The summed E-state index contributed by atoms with van der Waals surface area (Å²) in [6.07, 6.45) is 0.809. The summed E-state index contributed by atoms with van der Waals surface area (Å²) >= 11 is 5.72. The Balaban J connectivity index is 0.